The Morgan fingerprint density at radius 3 is 3.23 bits per heavy atom. The first-order valence-electron chi connectivity index (χ1n) is 4.10. The zero-order valence-electron chi connectivity index (χ0n) is 6.96. The number of halogens is 1. The van der Waals surface area contributed by atoms with Crippen LogP contribution in [-0.2, 0) is 0 Å². The van der Waals surface area contributed by atoms with Crippen molar-refractivity contribution in [2.75, 3.05) is 18.5 Å². The van der Waals surface area contributed by atoms with E-state index in [1.54, 1.807) is 0 Å². The molecule has 3 nitrogen and oxygen atoms in total. The van der Waals surface area contributed by atoms with Gasteiger partial charge in [0.15, 0.2) is 5.75 Å². The zero-order chi connectivity index (χ0) is 9.26. The van der Waals surface area contributed by atoms with Crippen molar-refractivity contribution in [2.24, 2.45) is 0 Å². The molecule has 70 valence electrons. The second kappa shape index (κ2) is 3.55. The van der Waals surface area contributed by atoms with Crippen LogP contribution >= 0.6 is 15.9 Å². The molecule has 1 aliphatic heterocycles. The van der Waals surface area contributed by atoms with Crippen LogP contribution in [0.5, 0.6) is 5.75 Å². The molecule has 0 saturated heterocycles. The molecular weight excluding hydrogens is 234 g/mol. The molecule has 0 amide bonds. The van der Waals surface area contributed by atoms with Crippen molar-refractivity contribution in [1.82, 2.24) is 0 Å². The minimum atomic E-state index is -0.445. The second-order valence-corrected chi connectivity index (χ2v) is 3.82. The number of fused-ring (bicyclic) bond motifs is 1. The van der Waals surface area contributed by atoms with E-state index in [0.717, 1.165) is 15.9 Å². The number of anilines is 1. The van der Waals surface area contributed by atoms with Crippen LogP contribution in [0.15, 0.2) is 22.7 Å². The lowest BCUT2D eigenvalue weighted by Crippen LogP contribution is -2.23. The molecule has 1 atom stereocenters. The normalized spacial score (nSPS) is 20.9. The molecule has 2 N–H and O–H groups in total. The predicted molar refractivity (Wildman–Crippen MR) is 54.1 cm³/mol. The highest BCUT2D eigenvalue weighted by molar-refractivity contribution is 9.10. The standard InChI is InChI=1S/C9H10BrNO2/c10-7-2-1-3-8-9(7)13-5-6(12)4-11-8/h1-3,6,11-12H,4-5H2. The van der Waals surface area contributed by atoms with E-state index in [2.05, 4.69) is 21.2 Å². The Bertz CT molecular complexity index is 316. The fourth-order valence-electron chi connectivity index (χ4n) is 1.26. The first-order chi connectivity index (χ1) is 6.27. The van der Waals surface area contributed by atoms with Gasteiger partial charge in [-0.2, -0.15) is 0 Å². The molecular formula is C9H10BrNO2. The third-order valence-corrected chi connectivity index (χ3v) is 2.54. The van der Waals surface area contributed by atoms with Crippen molar-refractivity contribution in [3.63, 3.8) is 0 Å². The van der Waals surface area contributed by atoms with Gasteiger partial charge in [0.25, 0.3) is 0 Å². The number of β-amino-alcohol motifs (C(OH)–C–C–N with tert-alkyl or cyclic N) is 1. The van der Waals surface area contributed by atoms with Crippen LogP contribution in [0.25, 0.3) is 0 Å². The van der Waals surface area contributed by atoms with Gasteiger partial charge in [0, 0.05) is 6.54 Å². The molecule has 0 fully saturated rings. The Morgan fingerprint density at radius 1 is 1.54 bits per heavy atom. The average Bonchev–Trinajstić information content (AvgIpc) is 2.30. The van der Waals surface area contributed by atoms with Gasteiger partial charge < -0.3 is 15.2 Å². The smallest absolute Gasteiger partial charge is 0.156 e. The Labute approximate surface area is 84.8 Å². The molecule has 0 spiro atoms. The van der Waals surface area contributed by atoms with Crippen molar-refractivity contribution in [1.29, 1.82) is 0 Å². The Morgan fingerprint density at radius 2 is 2.38 bits per heavy atom. The van der Waals surface area contributed by atoms with Gasteiger partial charge in [0.05, 0.1) is 10.2 Å². The Kier molecular flexibility index (Phi) is 2.42. The Hall–Kier alpha value is -0.740. The van der Waals surface area contributed by atoms with Crippen LogP contribution in [0.1, 0.15) is 0 Å². The van der Waals surface area contributed by atoms with Crippen LogP contribution < -0.4 is 10.1 Å². The van der Waals surface area contributed by atoms with Crippen molar-refractivity contribution in [2.45, 2.75) is 6.10 Å². The minimum Gasteiger partial charge on any atom is -0.487 e. The minimum absolute atomic E-state index is 0.336. The van der Waals surface area contributed by atoms with E-state index in [0.29, 0.717) is 13.2 Å². The van der Waals surface area contributed by atoms with Crippen molar-refractivity contribution in [3.05, 3.63) is 22.7 Å². The molecule has 13 heavy (non-hydrogen) atoms. The quantitative estimate of drug-likeness (QED) is 0.728. The van der Waals surface area contributed by atoms with Crippen LogP contribution in [0.4, 0.5) is 5.69 Å². The summed E-state index contributed by atoms with van der Waals surface area (Å²) >= 11 is 3.39. The molecule has 1 aliphatic rings. The number of rotatable bonds is 0. The fourth-order valence-corrected chi connectivity index (χ4v) is 1.74. The third kappa shape index (κ3) is 1.78. The number of ether oxygens (including phenoxy) is 1. The fraction of sp³-hybridized carbons (Fsp3) is 0.333. The molecule has 0 bridgehead atoms. The van der Waals surface area contributed by atoms with E-state index in [-0.39, 0.29) is 0 Å². The number of hydrogen-bond acceptors (Lipinski definition) is 3. The van der Waals surface area contributed by atoms with Gasteiger partial charge >= 0.3 is 0 Å². The van der Waals surface area contributed by atoms with Gasteiger partial charge in [0.1, 0.15) is 12.7 Å². The van der Waals surface area contributed by atoms with E-state index >= 15 is 0 Å². The number of para-hydroxylation sites is 1. The van der Waals surface area contributed by atoms with Gasteiger partial charge in [-0.1, -0.05) is 6.07 Å². The van der Waals surface area contributed by atoms with E-state index in [1.807, 2.05) is 18.2 Å². The van der Waals surface area contributed by atoms with Crippen LogP contribution in [0.2, 0.25) is 0 Å². The molecule has 0 aromatic heterocycles. The lowest BCUT2D eigenvalue weighted by Gasteiger charge is -2.08. The maximum absolute atomic E-state index is 9.35. The summed E-state index contributed by atoms with van der Waals surface area (Å²) in [5.74, 6) is 0.777. The van der Waals surface area contributed by atoms with E-state index in [1.165, 1.54) is 0 Å². The summed E-state index contributed by atoms with van der Waals surface area (Å²) in [5, 5.41) is 12.5. The van der Waals surface area contributed by atoms with Crippen LogP contribution in [0.3, 0.4) is 0 Å². The van der Waals surface area contributed by atoms with Gasteiger partial charge in [-0.3, -0.25) is 0 Å². The van der Waals surface area contributed by atoms with Crippen molar-refractivity contribution in [3.8, 4) is 5.75 Å². The van der Waals surface area contributed by atoms with Gasteiger partial charge in [-0.15, -0.1) is 0 Å². The highest BCUT2D eigenvalue weighted by Gasteiger charge is 2.15. The molecule has 1 heterocycles. The summed E-state index contributed by atoms with van der Waals surface area (Å²) in [6.07, 6.45) is -0.445. The molecule has 2 rings (SSSR count). The highest BCUT2D eigenvalue weighted by atomic mass is 79.9. The summed E-state index contributed by atoms with van der Waals surface area (Å²) in [6.45, 7) is 0.867. The molecule has 4 heteroatoms. The maximum atomic E-state index is 9.35. The van der Waals surface area contributed by atoms with Crippen molar-refractivity contribution >= 4 is 21.6 Å². The number of nitrogens with one attached hydrogen (secondary N) is 1. The van der Waals surface area contributed by atoms with Crippen LogP contribution in [0, 0.1) is 0 Å². The van der Waals surface area contributed by atoms with E-state index in [9.17, 15) is 5.11 Å². The number of aliphatic hydroxyl groups is 1. The summed E-state index contributed by atoms with van der Waals surface area (Å²) in [7, 11) is 0. The predicted octanol–water partition coefficient (Wildman–Crippen LogP) is 1.61. The molecule has 1 aromatic rings. The molecule has 0 radical (unpaired) electrons. The third-order valence-electron chi connectivity index (χ3n) is 1.92. The largest absolute Gasteiger partial charge is 0.487 e. The maximum Gasteiger partial charge on any atom is 0.156 e. The van der Waals surface area contributed by atoms with Gasteiger partial charge in [0.2, 0.25) is 0 Å². The molecule has 1 aromatic carbocycles. The first-order valence-corrected chi connectivity index (χ1v) is 4.90. The number of aliphatic hydroxyl groups excluding tert-OH is 1. The monoisotopic (exact) mass is 243 g/mol. The second-order valence-electron chi connectivity index (χ2n) is 2.96. The summed E-state index contributed by atoms with van der Waals surface area (Å²) < 4.78 is 6.34. The summed E-state index contributed by atoms with van der Waals surface area (Å²) in [5.41, 5.74) is 0.922. The topological polar surface area (TPSA) is 41.5 Å². The summed E-state index contributed by atoms with van der Waals surface area (Å²) in [4.78, 5) is 0. The molecule has 1 unspecified atom stereocenters. The highest BCUT2D eigenvalue weighted by Crippen LogP contribution is 2.34. The zero-order valence-corrected chi connectivity index (χ0v) is 8.54. The molecule has 0 aliphatic carbocycles. The number of hydrogen-bond donors (Lipinski definition) is 2. The van der Waals surface area contributed by atoms with Gasteiger partial charge in [-0.25, -0.2) is 0 Å². The first kappa shape index (κ1) is 8.84. The number of benzene rings is 1. The van der Waals surface area contributed by atoms with E-state index < -0.39 is 6.10 Å². The van der Waals surface area contributed by atoms with Crippen LogP contribution in [-0.4, -0.2) is 24.4 Å². The lowest BCUT2D eigenvalue weighted by molar-refractivity contribution is 0.122. The average molecular weight is 244 g/mol. The van der Waals surface area contributed by atoms with Crippen molar-refractivity contribution < 1.29 is 9.84 Å². The van der Waals surface area contributed by atoms with Gasteiger partial charge in [-0.05, 0) is 28.1 Å². The Balaban J connectivity index is 2.35. The summed E-state index contributed by atoms with van der Waals surface area (Å²) in [6, 6.07) is 5.77. The lowest BCUT2D eigenvalue weighted by atomic mass is 10.3. The molecule has 0 saturated carbocycles. The van der Waals surface area contributed by atoms with E-state index in [4.69, 9.17) is 4.74 Å². The SMILES string of the molecule is OC1CNc2cccc(Br)c2OC1.